The maximum Gasteiger partial charge on any atom is 0.257 e. The van der Waals surface area contributed by atoms with E-state index in [1.165, 1.54) is 6.20 Å². The van der Waals surface area contributed by atoms with Crippen molar-refractivity contribution < 1.29 is 4.79 Å². The van der Waals surface area contributed by atoms with E-state index in [0.29, 0.717) is 11.3 Å². The van der Waals surface area contributed by atoms with Crippen molar-refractivity contribution in [2.24, 2.45) is 0 Å². The number of para-hydroxylation sites is 2. The van der Waals surface area contributed by atoms with Gasteiger partial charge in [0.2, 0.25) is 0 Å². The zero-order chi connectivity index (χ0) is 16.4. The third-order valence-corrected chi connectivity index (χ3v) is 3.79. The van der Waals surface area contributed by atoms with Crippen LogP contribution < -0.4 is 5.32 Å². The summed E-state index contributed by atoms with van der Waals surface area (Å²) in [5.41, 5.74) is 3.95. The van der Waals surface area contributed by atoms with Crippen LogP contribution in [-0.2, 0) is 0 Å². The van der Waals surface area contributed by atoms with Crippen molar-refractivity contribution in [3.8, 4) is 5.69 Å². The Bertz CT molecular complexity index is 873. The minimum Gasteiger partial charge on any atom is -0.320 e. The summed E-state index contributed by atoms with van der Waals surface area (Å²) >= 11 is 3.32. The zero-order valence-corrected chi connectivity index (χ0v) is 14.3. The number of benzene rings is 1. The topological polar surface area (TPSA) is 59.8 Å². The lowest BCUT2D eigenvalue weighted by atomic mass is 10.2. The molecule has 2 heterocycles. The highest BCUT2D eigenvalue weighted by Gasteiger charge is 2.12. The number of aryl methyl sites for hydroxylation is 2. The second kappa shape index (κ2) is 6.34. The summed E-state index contributed by atoms with van der Waals surface area (Å²) in [4.78, 5) is 16.5. The Morgan fingerprint density at radius 1 is 1.17 bits per heavy atom. The molecule has 2 aromatic heterocycles. The predicted octanol–water partition coefficient (Wildman–Crippen LogP) is 3.90. The summed E-state index contributed by atoms with van der Waals surface area (Å²) in [5.74, 6) is -0.215. The molecule has 23 heavy (non-hydrogen) atoms. The fourth-order valence-electron chi connectivity index (χ4n) is 2.37. The monoisotopic (exact) mass is 370 g/mol. The fourth-order valence-corrected chi connectivity index (χ4v) is 2.73. The van der Waals surface area contributed by atoms with Gasteiger partial charge in [-0.15, -0.1) is 0 Å². The molecule has 0 bridgehead atoms. The Kier molecular flexibility index (Phi) is 4.25. The number of halogens is 1. The van der Waals surface area contributed by atoms with Crippen LogP contribution >= 0.6 is 15.9 Å². The molecule has 6 heteroatoms. The number of hydrogen-bond acceptors (Lipinski definition) is 3. The van der Waals surface area contributed by atoms with Gasteiger partial charge < -0.3 is 5.32 Å². The average Bonchev–Trinajstić information content (AvgIpc) is 2.86. The highest BCUT2D eigenvalue weighted by molar-refractivity contribution is 9.10. The van der Waals surface area contributed by atoms with Gasteiger partial charge in [-0.1, -0.05) is 12.1 Å². The van der Waals surface area contributed by atoms with Crippen molar-refractivity contribution in [2.75, 3.05) is 5.32 Å². The molecule has 3 aromatic rings. The van der Waals surface area contributed by atoms with Crippen molar-refractivity contribution in [3.05, 3.63) is 70.2 Å². The number of amides is 1. The van der Waals surface area contributed by atoms with E-state index in [9.17, 15) is 4.79 Å². The minimum absolute atomic E-state index is 0.215. The van der Waals surface area contributed by atoms with Crippen molar-refractivity contribution in [1.29, 1.82) is 0 Å². The van der Waals surface area contributed by atoms with Crippen molar-refractivity contribution in [3.63, 3.8) is 0 Å². The Balaban J connectivity index is 1.95. The molecular weight excluding hydrogens is 356 g/mol. The number of carbonyl (C=O) groups excluding carboxylic acids is 1. The second-order valence-electron chi connectivity index (χ2n) is 5.20. The van der Waals surface area contributed by atoms with E-state index in [-0.39, 0.29) is 5.91 Å². The van der Waals surface area contributed by atoms with Crippen LogP contribution in [0.1, 0.15) is 21.7 Å². The van der Waals surface area contributed by atoms with E-state index in [1.54, 1.807) is 12.3 Å². The normalized spacial score (nSPS) is 10.6. The molecule has 0 saturated carbocycles. The van der Waals surface area contributed by atoms with Crippen LogP contribution in [0.2, 0.25) is 0 Å². The average molecular weight is 371 g/mol. The lowest BCUT2D eigenvalue weighted by Gasteiger charge is -2.12. The number of nitrogens with zero attached hydrogens (tertiary/aromatic N) is 3. The van der Waals surface area contributed by atoms with Gasteiger partial charge in [0, 0.05) is 22.6 Å². The smallest absolute Gasteiger partial charge is 0.257 e. The number of nitrogens with one attached hydrogen (secondary N) is 1. The summed E-state index contributed by atoms with van der Waals surface area (Å²) in [5, 5.41) is 7.41. The zero-order valence-electron chi connectivity index (χ0n) is 12.7. The molecule has 5 nitrogen and oxygen atoms in total. The van der Waals surface area contributed by atoms with Gasteiger partial charge in [0.05, 0.1) is 22.6 Å². The molecule has 0 fully saturated rings. The Hall–Kier alpha value is -2.47. The predicted molar refractivity (Wildman–Crippen MR) is 92.9 cm³/mol. The number of rotatable bonds is 3. The van der Waals surface area contributed by atoms with Crippen molar-refractivity contribution in [2.45, 2.75) is 13.8 Å². The van der Waals surface area contributed by atoms with Crippen LogP contribution in [0.3, 0.4) is 0 Å². The first-order chi connectivity index (χ1) is 11.0. The summed E-state index contributed by atoms with van der Waals surface area (Å²) in [7, 11) is 0. The SMILES string of the molecule is Cc1cc(C)n(-c2ccccc2NC(=O)c2cncc(Br)c2)n1. The van der Waals surface area contributed by atoms with Gasteiger partial charge in [0.1, 0.15) is 0 Å². The maximum absolute atomic E-state index is 12.4. The van der Waals surface area contributed by atoms with Crippen LogP contribution in [0.4, 0.5) is 5.69 Å². The van der Waals surface area contributed by atoms with E-state index in [4.69, 9.17) is 0 Å². The molecule has 0 spiro atoms. The van der Waals surface area contributed by atoms with E-state index < -0.39 is 0 Å². The van der Waals surface area contributed by atoms with Gasteiger partial charge in [-0.3, -0.25) is 9.78 Å². The summed E-state index contributed by atoms with van der Waals surface area (Å²) in [6, 6.07) is 11.3. The van der Waals surface area contributed by atoms with Gasteiger partial charge in [-0.05, 0) is 54.0 Å². The first kappa shape index (κ1) is 15.4. The number of aromatic nitrogens is 3. The van der Waals surface area contributed by atoms with E-state index in [2.05, 4.69) is 31.3 Å². The Labute approximate surface area is 142 Å². The lowest BCUT2D eigenvalue weighted by molar-refractivity contribution is 0.102. The first-order valence-corrected chi connectivity index (χ1v) is 7.88. The van der Waals surface area contributed by atoms with Gasteiger partial charge >= 0.3 is 0 Å². The molecule has 0 aliphatic heterocycles. The van der Waals surface area contributed by atoms with E-state index >= 15 is 0 Å². The minimum atomic E-state index is -0.215. The van der Waals surface area contributed by atoms with Crippen LogP contribution in [0.15, 0.2) is 53.3 Å². The van der Waals surface area contributed by atoms with Crippen LogP contribution in [0.5, 0.6) is 0 Å². The standard InChI is InChI=1S/C17H15BrN4O/c1-11-7-12(2)22(21-11)16-6-4-3-5-15(16)20-17(23)13-8-14(18)10-19-9-13/h3-10H,1-2H3,(H,20,23). The molecule has 0 unspecified atom stereocenters. The molecule has 1 aromatic carbocycles. The summed E-state index contributed by atoms with van der Waals surface area (Å²) in [6.07, 6.45) is 3.17. The van der Waals surface area contributed by atoms with Gasteiger partial charge in [-0.25, -0.2) is 4.68 Å². The molecule has 0 aliphatic carbocycles. The van der Waals surface area contributed by atoms with E-state index in [0.717, 1.165) is 21.5 Å². The Morgan fingerprint density at radius 2 is 1.96 bits per heavy atom. The number of pyridine rings is 1. The maximum atomic E-state index is 12.4. The molecule has 0 atom stereocenters. The van der Waals surface area contributed by atoms with Crippen LogP contribution in [0.25, 0.3) is 5.69 Å². The summed E-state index contributed by atoms with van der Waals surface area (Å²) < 4.78 is 2.58. The largest absolute Gasteiger partial charge is 0.320 e. The third kappa shape index (κ3) is 3.32. The fraction of sp³-hybridized carbons (Fsp3) is 0.118. The number of hydrogen-bond donors (Lipinski definition) is 1. The van der Waals surface area contributed by atoms with Gasteiger partial charge in [-0.2, -0.15) is 5.10 Å². The van der Waals surface area contributed by atoms with Crippen LogP contribution in [0, 0.1) is 13.8 Å². The molecular formula is C17H15BrN4O. The molecule has 0 aliphatic rings. The van der Waals surface area contributed by atoms with Crippen molar-refractivity contribution >= 4 is 27.5 Å². The molecule has 0 radical (unpaired) electrons. The first-order valence-electron chi connectivity index (χ1n) is 7.09. The van der Waals surface area contributed by atoms with E-state index in [1.807, 2.05) is 48.9 Å². The Morgan fingerprint density at radius 3 is 2.65 bits per heavy atom. The van der Waals surface area contributed by atoms with Crippen molar-refractivity contribution in [1.82, 2.24) is 14.8 Å². The molecule has 1 amide bonds. The number of carbonyl (C=O) groups is 1. The highest BCUT2D eigenvalue weighted by Crippen LogP contribution is 2.22. The molecule has 116 valence electrons. The second-order valence-corrected chi connectivity index (χ2v) is 6.12. The molecule has 3 rings (SSSR count). The third-order valence-electron chi connectivity index (χ3n) is 3.36. The molecule has 0 saturated heterocycles. The highest BCUT2D eigenvalue weighted by atomic mass is 79.9. The quantitative estimate of drug-likeness (QED) is 0.760. The summed E-state index contributed by atoms with van der Waals surface area (Å²) in [6.45, 7) is 3.93. The number of anilines is 1. The lowest BCUT2D eigenvalue weighted by Crippen LogP contribution is -2.14. The molecule has 1 N–H and O–H groups in total. The van der Waals surface area contributed by atoms with Crippen LogP contribution in [-0.4, -0.2) is 20.7 Å². The van der Waals surface area contributed by atoms with Gasteiger partial charge in [0.25, 0.3) is 5.91 Å². The van der Waals surface area contributed by atoms with Gasteiger partial charge in [0.15, 0.2) is 0 Å².